The number of rotatable bonds is 24. The van der Waals surface area contributed by atoms with E-state index in [0.29, 0.717) is 0 Å². The molecular formula is C66H90BIN10O14. The average Bonchev–Trinajstić information content (AvgIpc) is 1.49. The first-order valence-electron chi connectivity index (χ1n) is 30.0. The van der Waals surface area contributed by atoms with Gasteiger partial charge in [0.25, 0.3) is 0 Å². The van der Waals surface area contributed by atoms with Gasteiger partial charge in [-0.1, -0.05) is 93.7 Å². The van der Waals surface area contributed by atoms with E-state index in [1.165, 1.54) is 81.2 Å². The number of pyridine rings is 2. The van der Waals surface area contributed by atoms with Crippen LogP contribution in [-0.4, -0.2) is 140 Å². The molecule has 9 rings (SSSR count). The minimum Gasteiger partial charge on any atom is -0.475 e. The lowest BCUT2D eigenvalue weighted by molar-refractivity contribution is -0.383. The molecule has 3 aliphatic heterocycles. The second-order valence-electron chi connectivity index (χ2n) is 22.5. The molecule has 3 fully saturated rings. The van der Waals surface area contributed by atoms with Crippen molar-refractivity contribution >= 4 is 81.7 Å². The lowest BCUT2D eigenvalue weighted by atomic mass is 9.78. The smallest absolute Gasteiger partial charge is 0.475 e. The van der Waals surface area contributed by atoms with Gasteiger partial charge in [0, 0.05) is 43.0 Å². The molecule has 3 saturated heterocycles. The van der Waals surface area contributed by atoms with Crippen molar-refractivity contribution in [3.63, 3.8) is 0 Å². The summed E-state index contributed by atoms with van der Waals surface area (Å²) in [5.41, 5.74) is 17.4. The van der Waals surface area contributed by atoms with E-state index in [4.69, 9.17) is 49.2 Å². The zero-order valence-corrected chi connectivity index (χ0v) is 54.7. The minimum absolute atomic E-state index is 0. The van der Waals surface area contributed by atoms with Crippen LogP contribution < -0.4 is 36.2 Å². The highest BCUT2D eigenvalue weighted by Crippen LogP contribution is 2.40. The van der Waals surface area contributed by atoms with Gasteiger partial charge < -0.3 is 49.2 Å². The molecule has 498 valence electrons. The van der Waals surface area contributed by atoms with Crippen molar-refractivity contribution in [1.82, 2.24) is 19.8 Å². The number of nitrogen functional groups attached to an aromatic ring is 2. The zero-order valence-electron chi connectivity index (χ0n) is 52.5. The van der Waals surface area contributed by atoms with E-state index in [2.05, 4.69) is 119 Å². The molecule has 0 saturated carbocycles. The first-order chi connectivity index (χ1) is 43.1. The number of aromatic nitrogens is 2. The van der Waals surface area contributed by atoms with Crippen LogP contribution in [-0.2, 0) is 54.4 Å². The molecule has 92 heavy (non-hydrogen) atoms. The molecular weight excluding hydrogens is 1290 g/mol. The summed E-state index contributed by atoms with van der Waals surface area (Å²) >= 11 is 2.16. The summed E-state index contributed by atoms with van der Waals surface area (Å²) in [7, 11) is 2.77. The van der Waals surface area contributed by atoms with E-state index in [0.717, 1.165) is 62.4 Å². The Balaban J connectivity index is 0.000000260. The highest BCUT2D eigenvalue weighted by Gasteiger charge is 2.51. The van der Waals surface area contributed by atoms with E-state index in [-0.39, 0.29) is 121 Å². The number of benzene rings is 4. The van der Waals surface area contributed by atoms with Gasteiger partial charge in [-0.2, -0.15) is 9.97 Å². The fourth-order valence-electron chi connectivity index (χ4n) is 10.2. The summed E-state index contributed by atoms with van der Waals surface area (Å²) in [5.74, 6) is -0.657. The maximum atomic E-state index is 13.0. The molecule has 0 radical (unpaired) electrons. The molecule has 0 atom stereocenters. The molecule has 0 spiro atoms. The molecule has 6 aromatic rings. The third-order valence-electron chi connectivity index (χ3n) is 15.4. The van der Waals surface area contributed by atoms with Crippen LogP contribution in [0.2, 0.25) is 0 Å². The van der Waals surface area contributed by atoms with Gasteiger partial charge >= 0.3 is 30.7 Å². The van der Waals surface area contributed by atoms with E-state index in [9.17, 15) is 29.8 Å². The summed E-state index contributed by atoms with van der Waals surface area (Å²) in [5, 5.41) is 23.6. The van der Waals surface area contributed by atoms with Gasteiger partial charge in [-0.25, -0.2) is 9.59 Å². The number of carbonyl (C=O) groups is 2. The number of likely N-dealkylation sites (tertiary alicyclic amines) is 2. The first kappa shape index (κ1) is 75.0. The van der Waals surface area contributed by atoms with Crippen LogP contribution in [0.3, 0.4) is 0 Å². The number of hydrogen-bond donors (Lipinski definition) is 2. The highest BCUT2D eigenvalue weighted by molar-refractivity contribution is 14.1. The van der Waals surface area contributed by atoms with Crippen molar-refractivity contribution in [2.45, 2.75) is 119 Å². The van der Waals surface area contributed by atoms with Crippen molar-refractivity contribution < 1.29 is 57.2 Å². The summed E-state index contributed by atoms with van der Waals surface area (Å²) in [6, 6.07) is 34.9. The van der Waals surface area contributed by atoms with Crippen molar-refractivity contribution in [3.8, 4) is 22.9 Å². The molecule has 0 bridgehead atoms. The van der Waals surface area contributed by atoms with E-state index in [1.54, 1.807) is 13.8 Å². The van der Waals surface area contributed by atoms with Gasteiger partial charge in [0.15, 0.2) is 0 Å². The Hall–Kier alpha value is -7.73. The Bertz CT molecular complexity index is 3340. The lowest BCUT2D eigenvalue weighted by Gasteiger charge is -2.32. The Morgan fingerprint density at radius 1 is 0.598 bits per heavy atom. The van der Waals surface area contributed by atoms with E-state index in [1.807, 2.05) is 48.5 Å². The number of amides is 2. The van der Waals surface area contributed by atoms with Crippen LogP contribution in [0, 0.1) is 23.8 Å². The average molecular weight is 1390 g/mol. The maximum absolute atomic E-state index is 13.0. The van der Waals surface area contributed by atoms with Crippen LogP contribution in [0.4, 0.5) is 44.0 Å². The molecule has 0 unspecified atom stereocenters. The molecule has 2 aromatic heterocycles. The first-order valence-corrected chi connectivity index (χ1v) is 31.1. The van der Waals surface area contributed by atoms with Crippen molar-refractivity contribution in [3.05, 3.63) is 155 Å². The van der Waals surface area contributed by atoms with Gasteiger partial charge in [-0.3, -0.25) is 39.8 Å². The second kappa shape index (κ2) is 35.9. The molecule has 0 aliphatic carbocycles. The zero-order chi connectivity index (χ0) is 65.0. The Labute approximate surface area is 554 Å². The third kappa shape index (κ3) is 20.9. The van der Waals surface area contributed by atoms with Gasteiger partial charge in [-0.15, -0.1) is 0 Å². The summed E-state index contributed by atoms with van der Waals surface area (Å²) in [4.78, 5) is 63.1. The largest absolute Gasteiger partial charge is 0.494 e. The van der Waals surface area contributed by atoms with Gasteiger partial charge in [0.1, 0.15) is 24.6 Å². The predicted octanol–water partition coefficient (Wildman–Crippen LogP) is 12.2. The quantitative estimate of drug-likeness (QED) is 0.0187. The normalized spacial score (nSPS) is 14.7. The molecule has 4 N–H and O–H groups in total. The highest BCUT2D eigenvalue weighted by atomic mass is 127. The minimum atomic E-state index is -0.752. The Morgan fingerprint density at radius 2 is 1.01 bits per heavy atom. The van der Waals surface area contributed by atoms with Crippen LogP contribution in [0.25, 0.3) is 11.1 Å². The molecule has 26 heteroatoms. The molecule has 2 amide bonds. The molecule has 4 aromatic carbocycles. The van der Waals surface area contributed by atoms with Crippen molar-refractivity contribution in [2.24, 2.45) is 0 Å². The van der Waals surface area contributed by atoms with Gasteiger partial charge in [0.05, 0.1) is 60.6 Å². The molecule has 3 aliphatic rings. The fraction of sp³-hybridized carbons (Fsp3) is 0.455. The number of methoxy groups -OCH3 is 2. The van der Waals surface area contributed by atoms with Crippen LogP contribution in [0.1, 0.15) is 104 Å². The summed E-state index contributed by atoms with van der Waals surface area (Å²) < 4.78 is 44.5. The topological polar surface area (TPSA) is 285 Å². The monoisotopic (exact) mass is 1380 g/mol. The van der Waals surface area contributed by atoms with Crippen LogP contribution in [0.5, 0.6) is 11.8 Å². The van der Waals surface area contributed by atoms with Crippen LogP contribution >= 0.6 is 22.6 Å². The number of nitro groups is 2. The molecule has 24 nitrogen and oxygen atoms in total. The maximum Gasteiger partial charge on any atom is 0.494 e. The van der Waals surface area contributed by atoms with Gasteiger partial charge in [-0.05, 0) is 173 Å². The Kier molecular flexibility index (Phi) is 29.3. The predicted molar refractivity (Wildman–Crippen MR) is 367 cm³/mol. The summed E-state index contributed by atoms with van der Waals surface area (Å²) in [6.07, 6.45) is 3.66. The number of halogens is 1. The standard InChI is InChI=1S/C29H35N5O6.C18H21IN4O6.C17H26BNO2.2CH4/c1-3-39-29(35)33(25-18-26(40-16-15-38-2)31-28(30)27(25)34(36)37)20-21-9-11-23(12-10-21)24-8-6-7-22(17-24)19-32-13-4-5-14-32;1-3-28-18(24)22(11-12-4-6-13(19)7-5-12)14-10-15(29-9-8-27-2)21-17(20)16(14)23(25)26;1-16(2)17(3,4)21-18(20-16)15-9-7-8-14(12-15)13-19-10-5-6-11-19;;/h6-12,17-18H,3-5,13-16,19-20H2,1-2H3,(H2,30,31);4-7,10H,3,8-9,11H2,1-2H3,(H2,20,21);7-9,12H,5-6,10-11,13H2,1-4H3;2*1H4. The van der Waals surface area contributed by atoms with E-state index < -0.39 is 33.4 Å². The second-order valence-corrected chi connectivity index (χ2v) is 23.8. The SMILES string of the molecule is C.C.CC1(C)OB(c2cccc(CN3CCCC3)c2)OC1(C)C.CCOC(=O)N(Cc1ccc(-c2cccc(CN3CCCC3)c2)cc1)c1cc(OCCOC)nc(N)c1[N+](=O)[O-].CCOC(=O)N(Cc1ccc(I)cc1)c1cc(OCCOC)nc(N)c1[N+](=O)[O-]. The lowest BCUT2D eigenvalue weighted by Crippen LogP contribution is -2.41. The third-order valence-corrected chi connectivity index (χ3v) is 16.2. The number of hydrogen-bond acceptors (Lipinski definition) is 20. The van der Waals surface area contributed by atoms with Crippen LogP contribution in [0.15, 0.2) is 109 Å². The molecule has 5 heterocycles. The number of nitrogens with zero attached hydrogens (tertiary/aromatic N) is 8. The van der Waals surface area contributed by atoms with Gasteiger partial charge in [0.2, 0.25) is 23.4 Å². The number of carbonyl (C=O) groups excluding carboxylic acids is 2. The Morgan fingerprint density at radius 3 is 1.42 bits per heavy atom. The summed E-state index contributed by atoms with van der Waals surface area (Å²) in [6.45, 7) is 19.5. The number of ether oxygens (including phenoxy) is 6. The van der Waals surface area contributed by atoms with E-state index >= 15 is 0 Å². The van der Waals surface area contributed by atoms with Crippen molar-refractivity contribution in [2.75, 3.05) is 101 Å². The number of anilines is 4. The number of nitrogens with two attached hydrogens (primary N) is 2. The fourth-order valence-corrected chi connectivity index (χ4v) is 10.5. The van der Waals surface area contributed by atoms with Crippen molar-refractivity contribution in [1.29, 1.82) is 0 Å².